The van der Waals surface area contributed by atoms with Gasteiger partial charge >= 0.3 is 12.1 Å². The number of aldehydes is 1. The van der Waals surface area contributed by atoms with Gasteiger partial charge in [0.25, 0.3) is 0 Å². The minimum absolute atomic E-state index is 0.0617. The number of aromatic nitrogens is 3. The molecule has 9 rings (SSSR count). The molecule has 4 atom stereocenters. The molecule has 4 saturated heterocycles. The molecule has 0 aliphatic carbocycles. The molecule has 3 unspecified atom stereocenters. The lowest BCUT2D eigenvalue weighted by molar-refractivity contribution is -0.113. The molecule has 5 aromatic rings. The maximum atomic E-state index is 16.5. The van der Waals surface area contributed by atoms with E-state index in [0.29, 0.717) is 42.3 Å². The number of phenols is 1. The summed E-state index contributed by atoms with van der Waals surface area (Å²) < 4.78 is 60.0. The number of anilines is 1. The Kier molecular flexibility index (Phi) is 13.1. The third-order valence-electron chi connectivity index (χ3n) is 11.6. The number of aromatic hydroxyl groups is 1. The number of ether oxygens (including phenoxy) is 3. The first-order valence-electron chi connectivity index (χ1n) is 20.7. The number of piperazine rings is 1. The van der Waals surface area contributed by atoms with E-state index in [1.165, 1.54) is 50.4 Å². The Balaban J connectivity index is 0.000000324. The van der Waals surface area contributed by atoms with E-state index < -0.39 is 23.9 Å². The smallest absolute Gasteiger partial charge is 0.410 e. The van der Waals surface area contributed by atoms with Crippen molar-refractivity contribution in [1.29, 1.82) is 0 Å². The fourth-order valence-corrected chi connectivity index (χ4v) is 8.64. The van der Waals surface area contributed by atoms with Crippen LogP contribution in [0.3, 0.4) is 0 Å². The molecule has 6 heterocycles. The summed E-state index contributed by atoms with van der Waals surface area (Å²) in [6.07, 6.45) is 12.0. The van der Waals surface area contributed by atoms with Crippen molar-refractivity contribution in [2.24, 2.45) is 5.41 Å². The third kappa shape index (κ3) is 9.35. The second-order valence-electron chi connectivity index (χ2n) is 17.1. The van der Waals surface area contributed by atoms with Crippen molar-refractivity contribution in [1.82, 2.24) is 24.8 Å². The van der Waals surface area contributed by atoms with Crippen molar-refractivity contribution in [3.05, 3.63) is 77.5 Å². The highest BCUT2D eigenvalue weighted by molar-refractivity contribution is 6.03. The number of rotatable bonds is 6. The molecule has 3 aromatic carbocycles. The number of pyridine rings is 1. The molecule has 0 spiro atoms. The summed E-state index contributed by atoms with van der Waals surface area (Å²) >= 11 is 0. The van der Waals surface area contributed by atoms with E-state index in [0.717, 1.165) is 43.4 Å². The predicted octanol–water partition coefficient (Wildman–Crippen LogP) is 8.24. The number of terminal acetylenes is 1. The van der Waals surface area contributed by atoms with E-state index in [4.69, 9.17) is 20.6 Å². The maximum absolute atomic E-state index is 16.5. The number of carbonyl (C=O) groups is 2. The van der Waals surface area contributed by atoms with Crippen LogP contribution in [0.4, 0.5) is 23.8 Å². The number of hydrogen-bond acceptors (Lipinski definition) is 11. The lowest BCUT2D eigenvalue weighted by atomic mass is 9.96. The van der Waals surface area contributed by atoms with Crippen molar-refractivity contribution in [2.45, 2.75) is 83.8 Å². The standard InChI is InChI=1S/C35H29F2N5O5.C7H12FN.C5H10O/c1-4-25-28(36)12-7-20-13-23(43)14-26(29(20)25)31-30(37)32-27(15-38-31)33(40-34(39-32)46-3)41-16-21-8-9-22(17-41)42(21)35(44)47-18-19-5-10-24(45-2)11-6-19;8-6-4-7-2-1-3-9(7)5-6;1-5(2,3)4-6/h1,5-7,10-15,21-22,43H,8-9,16-18H2,2-3H3;6-7H,1-5H2;4H,1-3H3/t;6-,7?;/m.1./s1. The summed E-state index contributed by atoms with van der Waals surface area (Å²) in [5, 5.41) is 11.4. The number of amides is 1. The highest BCUT2D eigenvalue weighted by atomic mass is 19.1. The second kappa shape index (κ2) is 18.5. The van der Waals surface area contributed by atoms with Crippen LogP contribution in [0.15, 0.2) is 54.7 Å². The van der Waals surface area contributed by atoms with Gasteiger partial charge in [-0.05, 0) is 79.9 Å². The van der Waals surface area contributed by atoms with Crippen LogP contribution in [-0.2, 0) is 16.1 Å². The predicted molar refractivity (Wildman–Crippen MR) is 230 cm³/mol. The number of phenolic OH excluding ortho intramolecular Hbond substituents is 1. The van der Waals surface area contributed by atoms with Crippen molar-refractivity contribution in [2.75, 3.05) is 45.3 Å². The molecule has 1 N–H and O–H groups in total. The molecule has 2 aromatic heterocycles. The van der Waals surface area contributed by atoms with Crippen molar-refractivity contribution >= 4 is 39.9 Å². The Morgan fingerprint density at radius 1 is 0.984 bits per heavy atom. The van der Waals surface area contributed by atoms with E-state index in [1.807, 2.05) is 49.9 Å². The van der Waals surface area contributed by atoms with Crippen molar-refractivity contribution < 1.29 is 42.1 Å². The van der Waals surface area contributed by atoms with Gasteiger partial charge in [-0.1, -0.05) is 44.9 Å². The van der Waals surface area contributed by atoms with Crippen molar-refractivity contribution in [3.63, 3.8) is 0 Å². The third-order valence-corrected chi connectivity index (χ3v) is 11.6. The van der Waals surface area contributed by atoms with E-state index in [2.05, 4.69) is 25.8 Å². The van der Waals surface area contributed by atoms with Crippen molar-refractivity contribution in [3.8, 4) is 41.1 Å². The maximum Gasteiger partial charge on any atom is 0.410 e. The first kappa shape index (κ1) is 43.9. The summed E-state index contributed by atoms with van der Waals surface area (Å²) in [5.41, 5.74) is 0.511. The number of nitrogens with zero attached hydrogens (tertiary/aromatic N) is 6. The summed E-state index contributed by atoms with van der Waals surface area (Å²) in [5.74, 6) is 1.83. The molecule has 0 radical (unpaired) electrons. The molecule has 12 nitrogen and oxygen atoms in total. The molecular formula is C47H51F3N6O6. The van der Waals surface area contributed by atoms with Crippen LogP contribution in [0.1, 0.15) is 64.0 Å². The zero-order valence-corrected chi connectivity index (χ0v) is 35.5. The number of benzene rings is 3. The number of carbonyl (C=O) groups excluding carboxylic acids is 2. The van der Waals surface area contributed by atoms with Crippen LogP contribution >= 0.6 is 0 Å². The molecule has 0 saturated carbocycles. The first-order valence-corrected chi connectivity index (χ1v) is 20.7. The monoisotopic (exact) mass is 852 g/mol. The van der Waals surface area contributed by atoms with Gasteiger partial charge in [0.05, 0.1) is 37.3 Å². The highest BCUT2D eigenvalue weighted by Gasteiger charge is 2.44. The Morgan fingerprint density at radius 2 is 1.69 bits per heavy atom. The van der Waals surface area contributed by atoms with Gasteiger partial charge in [-0.15, -0.1) is 6.42 Å². The molecule has 2 bridgehead atoms. The Hall–Kier alpha value is -6.14. The van der Waals surface area contributed by atoms with Crippen LogP contribution in [0.25, 0.3) is 32.9 Å². The second-order valence-corrected chi connectivity index (χ2v) is 17.1. The van der Waals surface area contributed by atoms with Gasteiger partial charge in [-0.2, -0.15) is 9.97 Å². The molecule has 15 heteroatoms. The molecule has 62 heavy (non-hydrogen) atoms. The largest absolute Gasteiger partial charge is 0.508 e. The molecule has 1 amide bonds. The lowest BCUT2D eigenvalue weighted by Crippen LogP contribution is -2.56. The lowest BCUT2D eigenvalue weighted by Gasteiger charge is -2.41. The summed E-state index contributed by atoms with van der Waals surface area (Å²) in [6.45, 7) is 8.47. The normalized spacial score (nSPS) is 20.4. The van der Waals surface area contributed by atoms with Gasteiger partial charge < -0.3 is 29.0 Å². The number of fused-ring (bicyclic) bond motifs is 5. The van der Waals surface area contributed by atoms with Crippen LogP contribution in [0.5, 0.6) is 17.5 Å². The fourth-order valence-electron chi connectivity index (χ4n) is 8.64. The topological polar surface area (TPSA) is 130 Å². The van der Waals surface area contributed by atoms with E-state index in [1.54, 1.807) is 12.0 Å². The summed E-state index contributed by atoms with van der Waals surface area (Å²) in [6, 6.07) is 12.9. The van der Waals surface area contributed by atoms with Gasteiger partial charge in [0.15, 0.2) is 5.82 Å². The Bertz CT molecular complexity index is 2470. The van der Waals surface area contributed by atoms with E-state index >= 15 is 4.39 Å². The average Bonchev–Trinajstić information content (AvgIpc) is 3.93. The van der Waals surface area contributed by atoms with Gasteiger partial charge in [0, 0.05) is 48.2 Å². The zero-order chi connectivity index (χ0) is 44.3. The number of alkyl halides is 1. The molecule has 4 aliphatic rings. The summed E-state index contributed by atoms with van der Waals surface area (Å²) in [4.78, 5) is 42.4. The quantitative estimate of drug-likeness (QED) is 0.131. The molecule has 326 valence electrons. The van der Waals surface area contributed by atoms with E-state index in [9.17, 15) is 23.5 Å². The molecule has 4 fully saturated rings. The molecular weight excluding hydrogens is 802 g/mol. The minimum atomic E-state index is -0.813. The van der Waals surface area contributed by atoms with Gasteiger partial charge in [0.1, 0.15) is 53.4 Å². The van der Waals surface area contributed by atoms with Crippen LogP contribution in [0, 0.1) is 29.4 Å². The number of methoxy groups -OCH3 is 2. The fraction of sp³-hybridized carbons (Fsp3) is 0.426. The SMILES string of the molecule is C#Cc1c(F)ccc2cc(O)cc(-c3ncc4c(N5CC6CCC(C5)N6C(=O)OCc5ccc(OC)cc5)nc(OC)nc4c3F)c12.CC(C)(C)C=O.F[C@@H]1CC2CCCN2C1. The van der Waals surface area contributed by atoms with Gasteiger partial charge in [-0.25, -0.2) is 18.0 Å². The average molecular weight is 853 g/mol. The highest BCUT2D eigenvalue weighted by Crippen LogP contribution is 2.40. The van der Waals surface area contributed by atoms with Gasteiger partial charge in [-0.3, -0.25) is 14.8 Å². The number of halogens is 3. The minimum Gasteiger partial charge on any atom is -0.508 e. The molecule has 4 aliphatic heterocycles. The first-order chi connectivity index (χ1) is 29.7. The van der Waals surface area contributed by atoms with Crippen LogP contribution in [-0.4, -0.2) is 107 Å². The van der Waals surface area contributed by atoms with Gasteiger partial charge in [0.2, 0.25) is 0 Å². The number of hydrogen-bond donors (Lipinski definition) is 1. The van der Waals surface area contributed by atoms with Crippen LogP contribution in [0.2, 0.25) is 0 Å². The Labute approximate surface area is 359 Å². The van der Waals surface area contributed by atoms with Crippen LogP contribution < -0.4 is 14.4 Å². The zero-order valence-electron chi connectivity index (χ0n) is 35.5. The Morgan fingerprint density at radius 3 is 2.32 bits per heavy atom. The summed E-state index contributed by atoms with van der Waals surface area (Å²) in [7, 11) is 2.98. The van der Waals surface area contributed by atoms with E-state index in [-0.39, 0.29) is 63.6 Å².